The third-order valence-corrected chi connectivity index (χ3v) is 3.41. The Morgan fingerprint density at radius 2 is 1.77 bits per heavy atom. The molecule has 1 atom stereocenters. The molecule has 1 amide bonds. The van der Waals surface area contributed by atoms with E-state index in [1.807, 2.05) is 19.1 Å². The quantitative estimate of drug-likeness (QED) is 0.820. The van der Waals surface area contributed by atoms with E-state index < -0.39 is 12.0 Å². The van der Waals surface area contributed by atoms with Crippen LogP contribution in [0.3, 0.4) is 0 Å². The lowest BCUT2D eigenvalue weighted by atomic mass is 9.87. The number of rotatable bonds is 6. The van der Waals surface area contributed by atoms with E-state index in [0.717, 1.165) is 12.0 Å². The van der Waals surface area contributed by atoms with Crippen LogP contribution >= 0.6 is 0 Å². The van der Waals surface area contributed by atoms with E-state index in [0.29, 0.717) is 6.42 Å². The fourth-order valence-electron chi connectivity index (χ4n) is 1.98. The Labute approximate surface area is 133 Å². The van der Waals surface area contributed by atoms with E-state index in [1.165, 1.54) is 5.56 Å². The second kappa shape index (κ2) is 7.97. The highest BCUT2D eigenvalue weighted by atomic mass is 16.5. The molecule has 0 aliphatic heterocycles. The molecule has 0 heterocycles. The third-order valence-electron chi connectivity index (χ3n) is 3.41. The van der Waals surface area contributed by atoms with E-state index in [4.69, 9.17) is 4.74 Å². The molecule has 0 aliphatic carbocycles. The van der Waals surface area contributed by atoms with E-state index >= 15 is 0 Å². The fourth-order valence-corrected chi connectivity index (χ4v) is 1.98. The summed E-state index contributed by atoms with van der Waals surface area (Å²) in [5.41, 5.74) is 2.28. The Bertz CT molecular complexity index is 500. The van der Waals surface area contributed by atoms with Crippen molar-refractivity contribution in [1.29, 1.82) is 0 Å². The Morgan fingerprint density at radius 3 is 2.27 bits per heavy atom. The van der Waals surface area contributed by atoms with Gasteiger partial charge in [0.25, 0.3) is 0 Å². The van der Waals surface area contributed by atoms with Crippen molar-refractivity contribution in [3.63, 3.8) is 0 Å². The van der Waals surface area contributed by atoms with E-state index in [9.17, 15) is 9.59 Å². The van der Waals surface area contributed by atoms with Crippen molar-refractivity contribution in [3.05, 3.63) is 35.4 Å². The maximum Gasteiger partial charge on any atom is 0.328 e. The molecule has 0 aromatic heterocycles. The summed E-state index contributed by atoms with van der Waals surface area (Å²) in [5, 5.41) is 2.63. The van der Waals surface area contributed by atoms with Crippen molar-refractivity contribution >= 4 is 11.9 Å². The van der Waals surface area contributed by atoms with Crippen molar-refractivity contribution in [1.82, 2.24) is 5.32 Å². The van der Waals surface area contributed by atoms with Crippen LogP contribution in [0.2, 0.25) is 0 Å². The van der Waals surface area contributed by atoms with Gasteiger partial charge in [0.1, 0.15) is 12.6 Å². The summed E-state index contributed by atoms with van der Waals surface area (Å²) in [7, 11) is 0. The number of ether oxygens (including phenoxy) is 1. The monoisotopic (exact) mass is 305 g/mol. The van der Waals surface area contributed by atoms with Gasteiger partial charge in [-0.25, -0.2) is 4.79 Å². The molecule has 122 valence electrons. The van der Waals surface area contributed by atoms with Crippen LogP contribution in [-0.4, -0.2) is 17.9 Å². The summed E-state index contributed by atoms with van der Waals surface area (Å²) in [6.45, 7) is 10.2. The van der Waals surface area contributed by atoms with Gasteiger partial charge in [0.2, 0.25) is 5.91 Å². The van der Waals surface area contributed by atoms with Crippen LogP contribution in [0.4, 0.5) is 0 Å². The smallest absolute Gasteiger partial charge is 0.328 e. The van der Waals surface area contributed by atoms with Gasteiger partial charge in [0.05, 0.1) is 0 Å². The molecule has 1 aromatic rings. The number of benzene rings is 1. The van der Waals surface area contributed by atoms with Crippen molar-refractivity contribution in [2.24, 2.45) is 0 Å². The normalized spacial score (nSPS) is 12.6. The summed E-state index contributed by atoms with van der Waals surface area (Å²) in [6, 6.07) is 7.42. The molecule has 0 spiro atoms. The zero-order valence-corrected chi connectivity index (χ0v) is 14.2. The minimum absolute atomic E-state index is 0.104. The zero-order chi connectivity index (χ0) is 16.8. The van der Waals surface area contributed by atoms with E-state index in [-0.39, 0.29) is 17.9 Å². The average molecular weight is 305 g/mol. The molecule has 4 heteroatoms. The van der Waals surface area contributed by atoms with Gasteiger partial charge in [-0.05, 0) is 29.9 Å². The van der Waals surface area contributed by atoms with Gasteiger partial charge in [0, 0.05) is 6.42 Å². The van der Waals surface area contributed by atoms with Crippen LogP contribution in [0, 0.1) is 0 Å². The Balaban J connectivity index is 2.48. The molecule has 4 nitrogen and oxygen atoms in total. The topological polar surface area (TPSA) is 55.4 Å². The highest BCUT2D eigenvalue weighted by molar-refractivity contribution is 5.84. The van der Waals surface area contributed by atoms with Crippen LogP contribution in [0.25, 0.3) is 0 Å². The van der Waals surface area contributed by atoms with Crippen LogP contribution in [-0.2, 0) is 26.3 Å². The fraction of sp³-hybridized carbons (Fsp3) is 0.556. The van der Waals surface area contributed by atoms with Crippen molar-refractivity contribution in [2.45, 2.75) is 65.5 Å². The Kier molecular flexibility index (Phi) is 6.60. The first-order valence-electron chi connectivity index (χ1n) is 7.79. The maximum atomic E-state index is 11.8. The van der Waals surface area contributed by atoms with E-state index in [2.05, 4.69) is 38.2 Å². The van der Waals surface area contributed by atoms with Crippen LogP contribution in [0.15, 0.2) is 24.3 Å². The van der Waals surface area contributed by atoms with Crippen molar-refractivity contribution in [2.75, 3.05) is 0 Å². The molecule has 0 radical (unpaired) electrons. The number of carbonyl (C=O) groups is 2. The van der Waals surface area contributed by atoms with E-state index in [1.54, 1.807) is 6.92 Å². The predicted molar refractivity (Wildman–Crippen MR) is 87.5 cm³/mol. The molecular formula is C18H27NO3. The van der Waals surface area contributed by atoms with Crippen LogP contribution < -0.4 is 5.32 Å². The third kappa shape index (κ3) is 5.88. The van der Waals surface area contributed by atoms with Crippen LogP contribution in [0.1, 0.15) is 58.6 Å². The molecule has 0 aliphatic rings. The lowest BCUT2D eigenvalue weighted by molar-refractivity contribution is -0.148. The lowest BCUT2D eigenvalue weighted by Crippen LogP contribution is -2.39. The summed E-state index contributed by atoms with van der Waals surface area (Å²) in [6.07, 6.45) is 1.18. The minimum atomic E-state index is -0.618. The van der Waals surface area contributed by atoms with Gasteiger partial charge >= 0.3 is 5.97 Å². The lowest BCUT2D eigenvalue weighted by Gasteiger charge is -2.19. The first-order valence-corrected chi connectivity index (χ1v) is 7.79. The zero-order valence-electron chi connectivity index (χ0n) is 14.2. The Morgan fingerprint density at radius 1 is 1.18 bits per heavy atom. The van der Waals surface area contributed by atoms with Gasteiger partial charge in [-0.2, -0.15) is 0 Å². The second-order valence-corrected chi connectivity index (χ2v) is 6.59. The number of hydrogen-bond donors (Lipinski definition) is 1. The molecule has 0 fully saturated rings. The summed E-state index contributed by atoms with van der Waals surface area (Å²) < 4.78 is 5.24. The number of esters is 1. The van der Waals surface area contributed by atoms with Gasteiger partial charge in [-0.15, -0.1) is 0 Å². The first-order chi connectivity index (χ1) is 10.2. The predicted octanol–water partition coefficient (Wildman–Crippen LogP) is 3.33. The van der Waals surface area contributed by atoms with Gasteiger partial charge < -0.3 is 10.1 Å². The van der Waals surface area contributed by atoms with Gasteiger partial charge in [0.15, 0.2) is 0 Å². The standard InChI is InChI=1S/C18H27NO3/c1-6-7-16(20)19-13(2)17(21)22-12-14-8-10-15(11-9-14)18(3,4)5/h8-11,13H,6-7,12H2,1-5H3,(H,19,20)/t13-/m0/s1. The average Bonchev–Trinajstić information content (AvgIpc) is 2.44. The number of carbonyl (C=O) groups excluding carboxylic acids is 2. The largest absolute Gasteiger partial charge is 0.459 e. The second-order valence-electron chi connectivity index (χ2n) is 6.59. The van der Waals surface area contributed by atoms with Crippen LogP contribution in [0.5, 0.6) is 0 Å². The molecule has 0 unspecified atom stereocenters. The van der Waals surface area contributed by atoms with Gasteiger partial charge in [-0.1, -0.05) is 52.0 Å². The highest BCUT2D eigenvalue weighted by Gasteiger charge is 2.17. The molecule has 1 rings (SSSR count). The van der Waals surface area contributed by atoms with Gasteiger partial charge in [-0.3, -0.25) is 4.79 Å². The maximum absolute atomic E-state index is 11.8. The summed E-state index contributed by atoms with van der Waals surface area (Å²) >= 11 is 0. The van der Waals surface area contributed by atoms with Crippen molar-refractivity contribution < 1.29 is 14.3 Å². The minimum Gasteiger partial charge on any atom is -0.459 e. The number of hydrogen-bond acceptors (Lipinski definition) is 3. The summed E-state index contributed by atoms with van der Waals surface area (Å²) in [4.78, 5) is 23.3. The summed E-state index contributed by atoms with van der Waals surface area (Å²) in [5.74, 6) is -0.536. The number of nitrogens with one attached hydrogen (secondary N) is 1. The Hall–Kier alpha value is -1.84. The molecule has 1 N–H and O–H groups in total. The highest BCUT2D eigenvalue weighted by Crippen LogP contribution is 2.22. The molecule has 22 heavy (non-hydrogen) atoms. The molecule has 0 bridgehead atoms. The molecule has 0 saturated carbocycles. The van der Waals surface area contributed by atoms with Crippen molar-refractivity contribution in [3.8, 4) is 0 Å². The molecular weight excluding hydrogens is 278 g/mol. The number of amides is 1. The molecule has 1 aromatic carbocycles. The SMILES string of the molecule is CCCC(=O)N[C@@H](C)C(=O)OCc1ccc(C(C)(C)C)cc1. The first kappa shape index (κ1) is 18.2. The molecule has 0 saturated heterocycles.